The zero-order chi connectivity index (χ0) is 19.9. The predicted molar refractivity (Wildman–Crippen MR) is 104 cm³/mol. The first kappa shape index (κ1) is 18.6. The number of hydrogen-bond acceptors (Lipinski definition) is 6. The number of carbonyl (C=O) groups is 2. The van der Waals surface area contributed by atoms with E-state index in [-0.39, 0.29) is 5.69 Å². The first-order valence-electron chi connectivity index (χ1n) is 8.32. The maximum absolute atomic E-state index is 12.3. The molecule has 0 aliphatic carbocycles. The van der Waals surface area contributed by atoms with E-state index in [1.165, 1.54) is 13.3 Å². The molecular formula is C21H16N4O3. The van der Waals surface area contributed by atoms with Gasteiger partial charge in [-0.05, 0) is 48.5 Å². The van der Waals surface area contributed by atoms with E-state index in [2.05, 4.69) is 20.4 Å². The van der Waals surface area contributed by atoms with Crippen molar-refractivity contribution in [1.82, 2.24) is 4.98 Å². The second-order valence-corrected chi connectivity index (χ2v) is 5.74. The average Bonchev–Trinajstić information content (AvgIpc) is 2.74. The quantitative estimate of drug-likeness (QED) is 0.661. The number of nitriles is 1. The third kappa shape index (κ3) is 4.31. The average molecular weight is 372 g/mol. The number of anilines is 3. The molecule has 1 heterocycles. The van der Waals surface area contributed by atoms with Crippen LogP contribution >= 0.6 is 0 Å². The number of pyridine rings is 1. The van der Waals surface area contributed by atoms with Gasteiger partial charge in [0.05, 0.1) is 35.8 Å². The topological polar surface area (TPSA) is 104 Å². The van der Waals surface area contributed by atoms with Gasteiger partial charge >= 0.3 is 5.97 Å². The maximum atomic E-state index is 12.3. The molecular weight excluding hydrogens is 356 g/mol. The summed E-state index contributed by atoms with van der Waals surface area (Å²) in [5.41, 5.74) is 2.93. The summed E-state index contributed by atoms with van der Waals surface area (Å²) in [6.45, 7) is 0. The number of nitrogens with one attached hydrogen (secondary N) is 2. The molecule has 0 atom stereocenters. The van der Waals surface area contributed by atoms with E-state index in [9.17, 15) is 9.59 Å². The van der Waals surface area contributed by atoms with Crippen LogP contribution in [-0.4, -0.2) is 24.0 Å². The lowest BCUT2D eigenvalue weighted by molar-refractivity contribution is 0.0600. The number of methoxy groups -OCH3 is 1. The van der Waals surface area contributed by atoms with Crippen LogP contribution in [0.5, 0.6) is 0 Å². The number of ether oxygens (including phenoxy) is 1. The minimum atomic E-state index is -0.406. The summed E-state index contributed by atoms with van der Waals surface area (Å²) in [6, 6.07) is 18.9. The normalized spacial score (nSPS) is 9.86. The number of amides is 1. The van der Waals surface area contributed by atoms with Crippen LogP contribution in [0.4, 0.5) is 17.1 Å². The molecule has 0 fully saturated rings. The van der Waals surface area contributed by atoms with Gasteiger partial charge in [0, 0.05) is 5.69 Å². The van der Waals surface area contributed by atoms with Crippen LogP contribution in [0.2, 0.25) is 0 Å². The molecule has 138 valence electrons. The highest BCUT2D eigenvalue weighted by Gasteiger charge is 2.10. The van der Waals surface area contributed by atoms with E-state index in [0.29, 0.717) is 22.5 Å². The molecule has 7 heteroatoms. The Hall–Kier alpha value is -4.18. The third-order valence-electron chi connectivity index (χ3n) is 3.89. The highest BCUT2D eigenvalue weighted by Crippen LogP contribution is 2.18. The van der Waals surface area contributed by atoms with E-state index in [0.717, 1.165) is 5.69 Å². The summed E-state index contributed by atoms with van der Waals surface area (Å²) in [7, 11) is 1.33. The number of rotatable bonds is 5. The first-order chi connectivity index (χ1) is 13.6. The molecule has 3 rings (SSSR count). The van der Waals surface area contributed by atoms with Crippen molar-refractivity contribution in [3.05, 3.63) is 83.7 Å². The minimum absolute atomic E-state index is 0.222. The van der Waals surface area contributed by atoms with Crippen molar-refractivity contribution in [2.45, 2.75) is 0 Å². The monoisotopic (exact) mass is 372 g/mol. The van der Waals surface area contributed by atoms with Gasteiger partial charge in [0.2, 0.25) is 0 Å². The fraction of sp³-hybridized carbons (Fsp3) is 0.0476. The van der Waals surface area contributed by atoms with Crippen molar-refractivity contribution in [2.75, 3.05) is 17.7 Å². The van der Waals surface area contributed by atoms with Gasteiger partial charge < -0.3 is 15.4 Å². The molecule has 0 aliphatic heterocycles. The van der Waals surface area contributed by atoms with Gasteiger partial charge in [0.25, 0.3) is 5.91 Å². The summed E-state index contributed by atoms with van der Waals surface area (Å²) >= 11 is 0. The second kappa shape index (κ2) is 8.47. The standard InChI is InChI=1S/C21H16N4O3/c1-28-21(27)14-6-8-16(9-7-14)24-17-10-11-19(23-13-17)20(26)25-18-5-3-2-4-15(18)12-22/h2-11,13,24H,1H3,(H,25,26). The zero-order valence-electron chi connectivity index (χ0n) is 15.0. The summed E-state index contributed by atoms with van der Waals surface area (Å²) in [5, 5.41) is 14.9. The Kier molecular flexibility index (Phi) is 5.63. The molecule has 0 bridgehead atoms. The van der Waals surface area contributed by atoms with Crippen molar-refractivity contribution in [1.29, 1.82) is 5.26 Å². The Bertz CT molecular complexity index is 1040. The lowest BCUT2D eigenvalue weighted by Gasteiger charge is -2.09. The Labute approximate surface area is 161 Å². The fourth-order valence-corrected chi connectivity index (χ4v) is 2.45. The van der Waals surface area contributed by atoms with Gasteiger partial charge in [-0.1, -0.05) is 12.1 Å². The molecule has 7 nitrogen and oxygen atoms in total. The SMILES string of the molecule is COC(=O)c1ccc(Nc2ccc(C(=O)Nc3ccccc3C#N)nc2)cc1. The lowest BCUT2D eigenvalue weighted by atomic mass is 10.2. The molecule has 3 aromatic rings. The summed E-state index contributed by atoms with van der Waals surface area (Å²) < 4.78 is 4.66. The van der Waals surface area contributed by atoms with Gasteiger partial charge in [-0.2, -0.15) is 5.26 Å². The summed E-state index contributed by atoms with van der Waals surface area (Å²) in [6.07, 6.45) is 1.53. The number of carbonyl (C=O) groups excluding carboxylic acids is 2. The van der Waals surface area contributed by atoms with E-state index in [4.69, 9.17) is 5.26 Å². The van der Waals surface area contributed by atoms with Crippen LogP contribution in [0.3, 0.4) is 0 Å². The van der Waals surface area contributed by atoms with Crippen LogP contribution in [0.15, 0.2) is 66.9 Å². The van der Waals surface area contributed by atoms with E-state index >= 15 is 0 Å². The molecule has 0 spiro atoms. The smallest absolute Gasteiger partial charge is 0.337 e. The van der Waals surface area contributed by atoms with Gasteiger partial charge in [0.1, 0.15) is 11.8 Å². The molecule has 0 saturated carbocycles. The van der Waals surface area contributed by atoms with Crippen molar-refractivity contribution in [3.63, 3.8) is 0 Å². The highest BCUT2D eigenvalue weighted by molar-refractivity contribution is 6.03. The highest BCUT2D eigenvalue weighted by atomic mass is 16.5. The number of para-hydroxylation sites is 1. The van der Waals surface area contributed by atoms with Crippen LogP contribution in [-0.2, 0) is 4.74 Å². The molecule has 0 radical (unpaired) electrons. The largest absolute Gasteiger partial charge is 0.465 e. The first-order valence-corrected chi connectivity index (χ1v) is 8.32. The van der Waals surface area contributed by atoms with Crippen molar-refractivity contribution in [2.24, 2.45) is 0 Å². The van der Waals surface area contributed by atoms with Gasteiger partial charge in [0.15, 0.2) is 0 Å². The van der Waals surface area contributed by atoms with E-state index in [1.807, 2.05) is 6.07 Å². The molecule has 2 N–H and O–H groups in total. The number of benzene rings is 2. The number of hydrogen-bond donors (Lipinski definition) is 2. The lowest BCUT2D eigenvalue weighted by Crippen LogP contribution is -2.14. The van der Waals surface area contributed by atoms with Gasteiger partial charge in [-0.3, -0.25) is 4.79 Å². The number of nitrogens with zero attached hydrogens (tertiary/aromatic N) is 2. The Morgan fingerprint density at radius 2 is 1.71 bits per heavy atom. The van der Waals surface area contributed by atoms with Crippen LogP contribution in [0.25, 0.3) is 0 Å². The molecule has 0 unspecified atom stereocenters. The Morgan fingerprint density at radius 1 is 1.00 bits per heavy atom. The Morgan fingerprint density at radius 3 is 2.36 bits per heavy atom. The third-order valence-corrected chi connectivity index (χ3v) is 3.89. The number of esters is 1. The minimum Gasteiger partial charge on any atom is -0.465 e. The van der Waals surface area contributed by atoms with Crippen molar-refractivity contribution >= 4 is 28.9 Å². The second-order valence-electron chi connectivity index (χ2n) is 5.74. The van der Waals surface area contributed by atoms with E-state index in [1.54, 1.807) is 60.7 Å². The maximum Gasteiger partial charge on any atom is 0.337 e. The molecule has 0 aliphatic rings. The van der Waals surface area contributed by atoms with Crippen LogP contribution in [0.1, 0.15) is 26.4 Å². The fourth-order valence-electron chi connectivity index (χ4n) is 2.45. The van der Waals surface area contributed by atoms with E-state index < -0.39 is 11.9 Å². The number of aromatic nitrogens is 1. The predicted octanol–water partition coefficient (Wildman–Crippen LogP) is 3.74. The molecule has 2 aromatic carbocycles. The molecule has 0 saturated heterocycles. The zero-order valence-corrected chi connectivity index (χ0v) is 15.0. The summed E-state index contributed by atoms with van der Waals surface area (Å²) in [4.78, 5) is 27.9. The van der Waals surface area contributed by atoms with Crippen molar-refractivity contribution < 1.29 is 14.3 Å². The van der Waals surface area contributed by atoms with Gasteiger partial charge in [-0.15, -0.1) is 0 Å². The van der Waals surface area contributed by atoms with Crippen molar-refractivity contribution in [3.8, 4) is 6.07 Å². The molecule has 28 heavy (non-hydrogen) atoms. The Balaban J connectivity index is 1.67. The van der Waals surface area contributed by atoms with Gasteiger partial charge in [-0.25, -0.2) is 9.78 Å². The van der Waals surface area contributed by atoms with Crippen LogP contribution in [0, 0.1) is 11.3 Å². The van der Waals surface area contributed by atoms with Crippen LogP contribution < -0.4 is 10.6 Å². The summed E-state index contributed by atoms with van der Waals surface area (Å²) in [5.74, 6) is -0.807. The molecule has 1 aromatic heterocycles. The molecule has 1 amide bonds.